The van der Waals surface area contributed by atoms with Crippen molar-refractivity contribution in [3.05, 3.63) is 76.5 Å². The van der Waals surface area contributed by atoms with Crippen LogP contribution in [0.15, 0.2) is 65.4 Å². The normalized spacial score (nSPS) is 11.6. The molecule has 0 aliphatic heterocycles. The molecule has 1 aromatic heterocycles. The maximum absolute atomic E-state index is 12.6. The van der Waals surface area contributed by atoms with Gasteiger partial charge in [-0.1, -0.05) is 22.0 Å². The third kappa shape index (κ3) is 6.67. The molecular weight excluding hydrogens is 464 g/mol. The van der Waals surface area contributed by atoms with E-state index < -0.39 is 23.5 Å². The first-order valence-electron chi connectivity index (χ1n) is 7.87. The minimum absolute atomic E-state index is 0.0821. The minimum Gasteiger partial charge on any atom is -0.399 e. The molecule has 0 aliphatic carbocycles. The Balaban J connectivity index is 0.000000221. The summed E-state index contributed by atoms with van der Waals surface area (Å²) in [5.74, 6) is 0. The number of aromatic nitrogens is 1. The monoisotopic (exact) mass is 477 g/mol. The summed E-state index contributed by atoms with van der Waals surface area (Å²) >= 11 is 2.93. The van der Waals surface area contributed by atoms with Crippen LogP contribution in [0.2, 0.25) is 0 Å². The molecular formula is C19H14BrF6N3. The molecule has 0 aliphatic rings. The van der Waals surface area contributed by atoms with E-state index in [9.17, 15) is 26.3 Å². The number of nitrogens with zero attached hydrogens (tertiary/aromatic N) is 1. The van der Waals surface area contributed by atoms with Gasteiger partial charge in [0.05, 0.1) is 11.1 Å². The van der Waals surface area contributed by atoms with Crippen molar-refractivity contribution in [1.82, 2.24) is 4.98 Å². The van der Waals surface area contributed by atoms with Crippen LogP contribution in [-0.2, 0) is 12.4 Å². The molecule has 1 heterocycles. The van der Waals surface area contributed by atoms with Crippen LogP contribution >= 0.6 is 15.9 Å². The zero-order chi connectivity index (χ0) is 21.8. The van der Waals surface area contributed by atoms with Crippen LogP contribution in [-0.4, -0.2) is 4.98 Å². The number of nitrogens with two attached hydrogens (primary N) is 2. The second-order valence-electron chi connectivity index (χ2n) is 5.85. The van der Waals surface area contributed by atoms with Gasteiger partial charge in [-0.05, 0) is 48.0 Å². The van der Waals surface area contributed by atoms with E-state index in [1.54, 1.807) is 18.3 Å². The number of benzene rings is 2. The first-order valence-corrected chi connectivity index (χ1v) is 8.67. The highest BCUT2D eigenvalue weighted by molar-refractivity contribution is 9.10. The van der Waals surface area contributed by atoms with Gasteiger partial charge in [-0.3, -0.25) is 4.98 Å². The van der Waals surface area contributed by atoms with Gasteiger partial charge < -0.3 is 11.5 Å². The van der Waals surface area contributed by atoms with Crippen molar-refractivity contribution >= 4 is 27.3 Å². The lowest BCUT2D eigenvalue weighted by atomic mass is 10.0. The van der Waals surface area contributed by atoms with Crippen LogP contribution in [0.4, 0.5) is 37.7 Å². The molecule has 0 saturated carbocycles. The van der Waals surface area contributed by atoms with Crippen molar-refractivity contribution in [1.29, 1.82) is 0 Å². The van der Waals surface area contributed by atoms with E-state index in [1.807, 2.05) is 0 Å². The highest BCUT2D eigenvalue weighted by atomic mass is 79.9. The molecule has 0 atom stereocenters. The maximum Gasteiger partial charge on any atom is 0.416 e. The second kappa shape index (κ2) is 8.73. The van der Waals surface area contributed by atoms with Crippen LogP contribution in [0.5, 0.6) is 0 Å². The Kier molecular flexibility index (Phi) is 6.78. The summed E-state index contributed by atoms with van der Waals surface area (Å²) in [6, 6.07) is 10.1. The molecule has 0 unspecified atom stereocenters. The first-order chi connectivity index (χ1) is 13.4. The van der Waals surface area contributed by atoms with Gasteiger partial charge in [-0.2, -0.15) is 26.3 Å². The van der Waals surface area contributed by atoms with E-state index in [2.05, 4.69) is 20.9 Å². The summed E-state index contributed by atoms with van der Waals surface area (Å²) in [4.78, 5) is 3.86. The number of hydrogen-bond donors (Lipinski definition) is 2. The predicted octanol–water partition coefficient (Wildman–Crippen LogP) is 6.40. The SMILES string of the molecule is Nc1cc(-c2cccnc2)cc(C(F)(F)F)c1.Nc1cc(Br)cc(C(F)(F)F)c1. The average Bonchev–Trinajstić information content (AvgIpc) is 2.60. The molecule has 3 aromatic rings. The number of rotatable bonds is 1. The zero-order valence-electron chi connectivity index (χ0n) is 14.5. The van der Waals surface area contributed by atoms with Gasteiger partial charge in [0.1, 0.15) is 0 Å². The van der Waals surface area contributed by atoms with Gasteiger partial charge in [0.2, 0.25) is 0 Å². The van der Waals surface area contributed by atoms with Crippen LogP contribution in [0.25, 0.3) is 11.1 Å². The molecule has 10 heteroatoms. The number of anilines is 2. The van der Waals surface area contributed by atoms with E-state index in [4.69, 9.17) is 11.5 Å². The Morgan fingerprint density at radius 1 is 0.724 bits per heavy atom. The van der Waals surface area contributed by atoms with Crippen LogP contribution in [0, 0.1) is 0 Å². The maximum atomic E-state index is 12.6. The summed E-state index contributed by atoms with van der Waals surface area (Å²) in [5.41, 5.74) is 10.4. The molecule has 154 valence electrons. The fourth-order valence-corrected chi connectivity index (χ4v) is 2.80. The molecule has 3 nitrogen and oxygen atoms in total. The Morgan fingerprint density at radius 3 is 1.76 bits per heavy atom. The lowest BCUT2D eigenvalue weighted by Crippen LogP contribution is -2.06. The lowest BCUT2D eigenvalue weighted by Gasteiger charge is -2.10. The number of halogens is 7. The fourth-order valence-electron chi connectivity index (χ4n) is 2.29. The quantitative estimate of drug-likeness (QED) is 0.314. The molecule has 0 fully saturated rings. The van der Waals surface area contributed by atoms with E-state index >= 15 is 0 Å². The number of nitrogen functional groups attached to an aromatic ring is 2. The van der Waals surface area contributed by atoms with Crippen molar-refractivity contribution in [3.63, 3.8) is 0 Å². The van der Waals surface area contributed by atoms with Gasteiger partial charge >= 0.3 is 12.4 Å². The Morgan fingerprint density at radius 2 is 1.28 bits per heavy atom. The smallest absolute Gasteiger partial charge is 0.399 e. The van der Waals surface area contributed by atoms with Gasteiger partial charge in [0.15, 0.2) is 0 Å². The molecule has 3 rings (SSSR count). The molecule has 0 spiro atoms. The average molecular weight is 478 g/mol. The summed E-state index contributed by atoms with van der Waals surface area (Å²) in [6.45, 7) is 0. The third-order valence-electron chi connectivity index (χ3n) is 3.52. The second-order valence-corrected chi connectivity index (χ2v) is 6.77. The molecule has 2 aromatic carbocycles. The predicted molar refractivity (Wildman–Crippen MR) is 103 cm³/mol. The first kappa shape index (κ1) is 22.5. The molecule has 0 bridgehead atoms. The van der Waals surface area contributed by atoms with Gasteiger partial charge in [0, 0.05) is 33.8 Å². The zero-order valence-corrected chi connectivity index (χ0v) is 16.1. The lowest BCUT2D eigenvalue weighted by molar-refractivity contribution is -0.138. The molecule has 0 saturated heterocycles. The van der Waals surface area contributed by atoms with Gasteiger partial charge in [0.25, 0.3) is 0 Å². The van der Waals surface area contributed by atoms with Crippen molar-refractivity contribution in [2.75, 3.05) is 11.5 Å². The molecule has 0 amide bonds. The van der Waals surface area contributed by atoms with E-state index in [0.29, 0.717) is 15.6 Å². The van der Waals surface area contributed by atoms with Crippen molar-refractivity contribution < 1.29 is 26.3 Å². The standard InChI is InChI=1S/C12H9F3N2.C7H5BrF3N/c13-12(14,15)10-4-9(5-11(16)6-10)8-2-1-3-17-7-8;8-5-1-4(7(9,10)11)2-6(12)3-5/h1-7H,16H2;1-3H,12H2. The molecule has 4 N–H and O–H groups in total. The largest absolute Gasteiger partial charge is 0.416 e. The van der Waals surface area contributed by atoms with Gasteiger partial charge in [-0.25, -0.2) is 0 Å². The van der Waals surface area contributed by atoms with Crippen LogP contribution in [0.3, 0.4) is 0 Å². The summed E-state index contributed by atoms with van der Waals surface area (Å²) in [5, 5.41) is 0. The highest BCUT2D eigenvalue weighted by Crippen LogP contribution is 2.34. The summed E-state index contributed by atoms with van der Waals surface area (Å²) < 4.78 is 74.3. The number of pyridine rings is 1. The topological polar surface area (TPSA) is 64.9 Å². The Hall–Kier alpha value is -2.75. The van der Waals surface area contributed by atoms with Crippen molar-refractivity contribution in [2.24, 2.45) is 0 Å². The van der Waals surface area contributed by atoms with Crippen molar-refractivity contribution in [3.8, 4) is 11.1 Å². The third-order valence-corrected chi connectivity index (χ3v) is 3.98. The minimum atomic E-state index is -4.40. The Bertz CT molecular complexity index is 952. The highest BCUT2D eigenvalue weighted by Gasteiger charge is 2.31. The van der Waals surface area contributed by atoms with Crippen molar-refractivity contribution in [2.45, 2.75) is 12.4 Å². The molecule has 29 heavy (non-hydrogen) atoms. The number of alkyl halides is 6. The summed E-state index contributed by atoms with van der Waals surface area (Å²) in [6.07, 6.45) is -5.68. The number of hydrogen-bond acceptors (Lipinski definition) is 3. The van der Waals surface area contributed by atoms with E-state index in [1.165, 1.54) is 18.3 Å². The van der Waals surface area contributed by atoms with Crippen LogP contribution < -0.4 is 11.5 Å². The van der Waals surface area contributed by atoms with E-state index in [-0.39, 0.29) is 11.4 Å². The van der Waals surface area contributed by atoms with E-state index in [0.717, 1.165) is 24.3 Å². The van der Waals surface area contributed by atoms with Crippen LogP contribution in [0.1, 0.15) is 11.1 Å². The molecule has 0 radical (unpaired) electrons. The summed E-state index contributed by atoms with van der Waals surface area (Å²) in [7, 11) is 0. The van der Waals surface area contributed by atoms with Gasteiger partial charge in [-0.15, -0.1) is 0 Å². The Labute approximate surface area is 170 Å². The fraction of sp³-hybridized carbons (Fsp3) is 0.105.